The third-order valence-corrected chi connectivity index (χ3v) is 2.49. The van der Waals surface area contributed by atoms with Gasteiger partial charge in [0.1, 0.15) is 0 Å². The Morgan fingerprint density at radius 1 is 1.25 bits per heavy atom. The minimum absolute atomic E-state index is 0.0972. The van der Waals surface area contributed by atoms with Crippen molar-refractivity contribution in [1.29, 1.82) is 0 Å². The first-order valence-electron chi connectivity index (χ1n) is 4.19. The summed E-state index contributed by atoms with van der Waals surface area (Å²) in [5.74, 6) is -0.663. The third-order valence-electron chi connectivity index (χ3n) is 2.49. The van der Waals surface area contributed by atoms with Gasteiger partial charge in [-0.1, -0.05) is 6.42 Å². The van der Waals surface area contributed by atoms with E-state index >= 15 is 0 Å². The summed E-state index contributed by atoms with van der Waals surface area (Å²) in [6.45, 7) is 0. The number of carbonyl (C=O) groups is 2. The van der Waals surface area contributed by atoms with Crippen molar-refractivity contribution in [2.45, 2.75) is 25.7 Å². The van der Waals surface area contributed by atoms with E-state index in [0.717, 1.165) is 19.3 Å². The zero-order valence-corrected chi connectivity index (χ0v) is 6.95. The maximum Gasteiger partial charge on any atom is 0.220 e. The molecule has 2 unspecified atom stereocenters. The van der Waals surface area contributed by atoms with Crippen molar-refractivity contribution in [3.63, 3.8) is 0 Å². The van der Waals surface area contributed by atoms with Crippen LogP contribution >= 0.6 is 0 Å². The van der Waals surface area contributed by atoms with E-state index in [1.807, 2.05) is 0 Å². The van der Waals surface area contributed by atoms with Gasteiger partial charge in [0.15, 0.2) is 0 Å². The largest absolute Gasteiger partial charge is 0.370 e. The molecule has 12 heavy (non-hydrogen) atoms. The molecule has 2 amide bonds. The number of amides is 2. The average molecular weight is 170 g/mol. The highest BCUT2D eigenvalue weighted by Gasteiger charge is 2.32. The van der Waals surface area contributed by atoms with Gasteiger partial charge >= 0.3 is 0 Å². The predicted molar refractivity (Wildman–Crippen MR) is 43.8 cm³/mol. The lowest BCUT2D eigenvalue weighted by molar-refractivity contribution is -0.124. The molecule has 1 fully saturated rings. The van der Waals surface area contributed by atoms with Crippen molar-refractivity contribution >= 4 is 11.8 Å². The van der Waals surface area contributed by atoms with E-state index in [2.05, 4.69) is 0 Å². The van der Waals surface area contributed by atoms with Gasteiger partial charge in [-0.15, -0.1) is 0 Å². The van der Waals surface area contributed by atoms with Crippen molar-refractivity contribution in [2.75, 3.05) is 0 Å². The molecule has 0 radical (unpaired) electrons. The van der Waals surface area contributed by atoms with Gasteiger partial charge in [-0.05, 0) is 18.8 Å². The summed E-state index contributed by atoms with van der Waals surface area (Å²) in [5, 5.41) is 0. The van der Waals surface area contributed by atoms with Gasteiger partial charge in [-0.2, -0.15) is 0 Å². The van der Waals surface area contributed by atoms with Gasteiger partial charge in [0.2, 0.25) is 11.8 Å². The molecular formula is C8H14N2O2. The van der Waals surface area contributed by atoms with Crippen LogP contribution in [0.1, 0.15) is 25.7 Å². The van der Waals surface area contributed by atoms with Gasteiger partial charge in [-0.25, -0.2) is 0 Å². The van der Waals surface area contributed by atoms with E-state index in [-0.39, 0.29) is 23.7 Å². The lowest BCUT2D eigenvalue weighted by Crippen LogP contribution is -2.28. The molecule has 4 heteroatoms. The van der Waals surface area contributed by atoms with Crippen molar-refractivity contribution in [3.05, 3.63) is 0 Å². The number of hydrogen-bond acceptors (Lipinski definition) is 2. The summed E-state index contributed by atoms with van der Waals surface area (Å²) >= 11 is 0. The molecule has 4 N–H and O–H groups in total. The fraction of sp³-hybridized carbons (Fsp3) is 0.750. The van der Waals surface area contributed by atoms with E-state index in [4.69, 9.17) is 11.5 Å². The monoisotopic (exact) mass is 170 g/mol. The number of rotatable bonds is 3. The molecule has 1 saturated carbocycles. The lowest BCUT2D eigenvalue weighted by atomic mass is 9.92. The average Bonchev–Trinajstić information content (AvgIpc) is 2.33. The molecule has 0 aromatic rings. The van der Waals surface area contributed by atoms with Crippen LogP contribution in [0.15, 0.2) is 0 Å². The first-order chi connectivity index (χ1) is 5.61. The lowest BCUT2D eigenvalue weighted by Gasteiger charge is -2.13. The zero-order chi connectivity index (χ0) is 9.14. The maximum atomic E-state index is 10.9. The number of nitrogens with two attached hydrogens (primary N) is 2. The van der Waals surface area contributed by atoms with Crippen LogP contribution in [0.3, 0.4) is 0 Å². The van der Waals surface area contributed by atoms with Gasteiger partial charge in [0.25, 0.3) is 0 Å². The van der Waals surface area contributed by atoms with Crippen LogP contribution in [-0.2, 0) is 9.59 Å². The first kappa shape index (κ1) is 9.03. The highest BCUT2D eigenvalue weighted by Crippen LogP contribution is 2.33. The van der Waals surface area contributed by atoms with Crippen molar-refractivity contribution < 1.29 is 9.59 Å². The van der Waals surface area contributed by atoms with Crippen LogP contribution < -0.4 is 11.5 Å². The Hall–Kier alpha value is -1.06. The van der Waals surface area contributed by atoms with E-state index in [0.29, 0.717) is 6.42 Å². The summed E-state index contributed by atoms with van der Waals surface area (Å²) in [5.41, 5.74) is 10.2. The summed E-state index contributed by atoms with van der Waals surface area (Å²) in [6.07, 6.45) is 2.99. The molecule has 0 spiro atoms. The first-order valence-corrected chi connectivity index (χ1v) is 4.19. The molecule has 0 bridgehead atoms. The van der Waals surface area contributed by atoms with Crippen LogP contribution in [-0.4, -0.2) is 11.8 Å². The maximum absolute atomic E-state index is 10.9. The molecule has 0 aromatic carbocycles. The summed E-state index contributed by atoms with van der Waals surface area (Å²) in [6, 6.07) is 0. The van der Waals surface area contributed by atoms with Crippen LogP contribution in [0.5, 0.6) is 0 Å². The standard InChI is InChI=1S/C8H14N2O2/c9-7(11)4-5-2-1-3-6(5)8(10)12/h5-6H,1-4H2,(H2,9,11)(H2,10,12). The highest BCUT2D eigenvalue weighted by molar-refractivity contribution is 5.79. The quantitative estimate of drug-likeness (QED) is 0.612. The second-order valence-electron chi connectivity index (χ2n) is 3.37. The third kappa shape index (κ3) is 1.96. The molecule has 1 rings (SSSR count). The van der Waals surface area contributed by atoms with Crippen LogP contribution in [0.4, 0.5) is 0 Å². The molecule has 1 aliphatic carbocycles. The summed E-state index contributed by atoms with van der Waals surface area (Å²) in [4.78, 5) is 21.5. The van der Waals surface area contributed by atoms with E-state index in [9.17, 15) is 9.59 Å². The van der Waals surface area contributed by atoms with E-state index < -0.39 is 0 Å². The highest BCUT2D eigenvalue weighted by atomic mass is 16.1. The Balaban J connectivity index is 2.52. The second-order valence-corrected chi connectivity index (χ2v) is 3.37. The Kier molecular flexibility index (Phi) is 2.68. The molecule has 1 aliphatic rings. The Morgan fingerprint density at radius 3 is 2.42 bits per heavy atom. The van der Waals surface area contributed by atoms with Gasteiger partial charge < -0.3 is 11.5 Å². The molecule has 0 heterocycles. The fourth-order valence-electron chi connectivity index (χ4n) is 1.91. The van der Waals surface area contributed by atoms with Crippen molar-refractivity contribution in [1.82, 2.24) is 0 Å². The Bertz CT molecular complexity index is 203. The predicted octanol–water partition coefficient (Wildman–Crippen LogP) is -0.237. The number of carbonyl (C=O) groups excluding carboxylic acids is 2. The molecule has 4 nitrogen and oxygen atoms in total. The summed E-state index contributed by atoms with van der Waals surface area (Å²) in [7, 11) is 0. The second kappa shape index (κ2) is 3.56. The smallest absolute Gasteiger partial charge is 0.220 e. The fourth-order valence-corrected chi connectivity index (χ4v) is 1.91. The van der Waals surface area contributed by atoms with E-state index in [1.54, 1.807) is 0 Å². The molecule has 2 atom stereocenters. The van der Waals surface area contributed by atoms with Crippen LogP contribution in [0, 0.1) is 11.8 Å². The van der Waals surface area contributed by atoms with Gasteiger partial charge in [0, 0.05) is 12.3 Å². The molecule has 0 aromatic heterocycles. The van der Waals surface area contributed by atoms with Gasteiger partial charge in [0.05, 0.1) is 0 Å². The SMILES string of the molecule is NC(=O)CC1CCCC1C(N)=O. The summed E-state index contributed by atoms with van der Waals surface area (Å²) < 4.78 is 0. The normalized spacial score (nSPS) is 28.7. The molecule has 0 aliphatic heterocycles. The Labute approximate surface area is 71.3 Å². The minimum atomic E-state index is -0.340. The molecular weight excluding hydrogens is 156 g/mol. The van der Waals surface area contributed by atoms with E-state index in [1.165, 1.54) is 0 Å². The van der Waals surface area contributed by atoms with Crippen LogP contribution in [0.25, 0.3) is 0 Å². The van der Waals surface area contributed by atoms with Gasteiger partial charge in [-0.3, -0.25) is 9.59 Å². The number of hydrogen-bond donors (Lipinski definition) is 2. The van der Waals surface area contributed by atoms with Crippen molar-refractivity contribution in [2.24, 2.45) is 23.3 Å². The molecule has 68 valence electrons. The van der Waals surface area contributed by atoms with Crippen molar-refractivity contribution in [3.8, 4) is 0 Å². The number of primary amides is 2. The zero-order valence-electron chi connectivity index (χ0n) is 6.95. The minimum Gasteiger partial charge on any atom is -0.370 e. The molecule has 0 saturated heterocycles. The van der Waals surface area contributed by atoms with Crippen LogP contribution in [0.2, 0.25) is 0 Å². The topological polar surface area (TPSA) is 86.2 Å². The Morgan fingerprint density at radius 2 is 1.92 bits per heavy atom.